The number of likely N-dealkylation sites (tertiary alicyclic amines) is 1. The number of carbonyl (C=O) groups is 1. The highest BCUT2D eigenvalue weighted by Gasteiger charge is 2.36. The van der Waals surface area contributed by atoms with Gasteiger partial charge in [0.15, 0.2) is 0 Å². The molecule has 0 spiro atoms. The molecule has 2 atom stereocenters. The first-order chi connectivity index (χ1) is 16.4. The normalized spacial score (nSPS) is 18.4. The Morgan fingerprint density at radius 3 is 2.53 bits per heavy atom. The van der Waals surface area contributed by atoms with Gasteiger partial charge in [-0.3, -0.25) is 14.7 Å². The molecule has 1 aliphatic heterocycles. The molecule has 0 unspecified atom stereocenters. The van der Waals surface area contributed by atoms with Crippen molar-refractivity contribution in [1.82, 2.24) is 14.8 Å². The quantitative estimate of drug-likeness (QED) is 0.451. The summed E-state index contributed by atoms with van der Waals surface area (Å²) in [5.41, 5.74) is 4.26. The van der Waals surface area contributed by atoms with Gasteiger partial charge < -0.3 is 4.90 Å². The highest BCUT2D eigenvalue weighted by Crippen LogP contribution is 2.35. The summed E-state index contributed by atoms with van der Waals surface area (Å²) in [5, 5.41) is 0. The molecule has 178 valence electrons. The molecule has 3 aromatic rings. The minimum atomic E-state index is -0.161. The van der Waals surface area contributed by atoms with Crippen LogP contribution < -0.4 is 0 Å². The Kier molecular flexibility index (Phi) is 7.73. The van der Waals surface area contributed by atoms with Gasteiger partial charge in [-0.05, 0) is 36.1 Å². The van der Waals surface area contributed by atoms with Crippen LogP contribution in [0.2, 0.25) is 0 Å². The molecule has 2 heterocycles. The van der Waals surface area contributed by atoms with Crippen LogP contribution >= 0.6 is 0 Å². The van der Waals surface area contributed by atoms with Crippen molar-refractivity contribution < 1.29 is 9.18 Å². The van der Waals surface area contributed by atoms with Crippen LogP contribution in [-0.4, -0.2) is 40.3 Å². The molecule has 1 aliphatic rings. The Morgan fingerprint density at radius 2 is 1.85 bits per heavy atom. The minimum Gasteiger partial charge on any atom is -0.338 e. The number of aryl methyl sites for hydroxylation is 1. The fourth-order valence-corrected chi connectivity index (χ4v) is 4.93. The number of nitrogens with zero attached hydrogens (tertiary/aromatic N) is 3. The second kappa shape index (κ2) is 10.9. The van der Waals surface area contributed by atoms with E-state index < -0.39 is 0 Å². The summed E-state index contributed by atoms with van der Waals surface area (Å²) in [6.45, 7) is 9.46. The van der Waals surface area contributed by atoms with Crippen LogP contribution in [0.3, 0.4) is 0 Å². The summed E-state index contributed by atoms with van der Waals surface area (Å²) in [4.78, 5) is 21.7. The van der Waals surface area contributed by atoms with Crippen LogP contribution in [0.4, 0.5) is 4.39 Å². The average Bonchev–Trinajstić information content (AvgIpc) is 3.23. The van der Waals surface area contributed by atoms with Crippen LogP contribution in [0.25, 0.3) is 0 Å². The highest BCUT2D eigenvalue weighted by atomic mass is 19.1. The van der Waals surface area contributed by atoms with Crippen LogP contribution in [0.5, 0.6) is 0 Å². The molecule has 0 bridgehead atoms. The molecule has 0 radical (unpaired) electrons. The molecule has 5 heteroatoms. The van der Waals surface area contributed by atoms with Crippen LogP contribution in [0, 0.1) is 24.6 Å². The van der Waals surface area contributed by atoms with Crippen molar-refractivity contribution in [1.29, 1.82) is 0 Å². The third kappa shape index (κ3) is 5.89. The summed E-state index contributed by atoms with van der Waals surface area (Å²) in [6, 6.07) is 19.6. The first-order valence-electron chi connectivity index (χ1n) is 12.1. The van der Waals surface area contributed by atoms with E-state index in [1.165, 1.54) is 17.2 Å². The molecule has 1 saturated heterocycles. The van der Waals surface area contributed by atoms with Gasteiger partial charge in [-0.2, -0.15) is 0 Å². The summed E-state index contributed by atoms with van der Waals surface area (Å²) < 4.78 is 14.4. The Labute approximate surface area is 202 Å². The van der Waals surface area contributed by atoms with Crippen molar-refractivity contribution >= 4 is 5.91 Å². The lowest BCUT2D eigenvalue weighted by Gasteiger charge is -2.30. The van der Waals surface area contributed by atoms with E-state index in [-0.39, 0.29) is 29.5 Å². The van der Waals surface area contributed by atoms with E-state index in [0.717, 1.165) is 24.2 Å². The average molecular weight is 460 g/mol. The molecular weight excluding hydrogens is 425 g/mol. The number of carbonyl (C=O) groups excluding carboxylic acids is 1. The van der Waals surface area contributed by atoms with Gasteiger partial charge >= 0.3 is 0 Å². The minimum absolute atomic E-state index is 0.0783. The Hall–Kier alpha value is -3.05. The predicted octanol–water partition coefficient (Wildman–Crippen LogP) is 5.43. The van der Waals surface area contributed by atoms with Gasteiger partial charge in [-0.15, -0.1) is 0 Å². The lowest BCUT2D eigenvalue weighted by atomic mass is 9.88. The zero-order chi connectivity index (χ0) is 24.1. The largest absolute Gasteiger partial charge is 0.338 e. The predicted molar refractivity (Wildman–Crippen MR) is 134 cm³/mol. The molecule has 2 aromatic carbocycles. The molecule has 0 N–H and O–H groups in total. The number of amides is 1. The van der Waals surface area contributed by atoms with Gasteiger partial charge in [-0.25, -0.2) is 4.39 Å². The maximum Gasteiger partial charge on any atom is 0.225 e. The third-order valence-electron chi connectivity index (χ3n) is 6.73. The SMILES string of the molecule is Cc1ccc([C@H]2CN(Cc3ccccc3F)C[C@@H]2CN(Cc2cccnc2)C(=O)C(C)C)cc1. The van der Waals surface area contributed by atoms with E-state index in [4.69, 9.17) is 0 Å². The molecule has 0 aliphatic carbocycles. The second-order valence-electron chi connectivity index (χ2n) is 9.80. The number of hydrogen-bond donors (Lipinski definition) is 0. The molecule has 1 fully saturated rings. The van der Waals surface area contributed by atoms with Crippen LogP contribution in [0.1, 0.15) is 42.0 Å². The monoisotopic (exact) mass is 459 g/mol. The van der Waals surface area contributed by atoms with E-state index in [1.807, 2.05) is 49.2 Å². The van der Waals surface area contributed by atoms with Crippen molar-refractivity contribution in [3.05, 3.63) is 101 Å². The van der Waals surface area contributed by atoms with Crippen molar-refractivity contribution in [3.8, 4) is 0 Å². The maximum atomic E-state index is 14.4. The number of halogens is 1. The van der Waals surface area contributed by atoms with Crippen molar-refractivity contribution in [3.63, 3.8) is 0 Å². The topological polar surface area (TPSA) is 36.4 Å². The number of rotatable bonds is 8. The van der Waals surface area contributed by atoms with Gasteiger partial charge in [-0.1, -0.05) is 67.9 Å². The van der Waals surface area contributed by atoms with Crippen molar-refractivity contribution in [2.45, 2.75) is 39.8 Å². The summed E-state index contributed by atoms with van der Waals surface area (Å²) in [7, 11) is 0. The summed E-state index contributed by atoms with van der Waals surface area (Å²) in [6.07, 6.45) is 3.58. The fourth-order valence-electron chi connectivity index (χ4n) is 4.93. The standard InChI is InChI=1S/C29H34FN3O/c1-21(2)29(34)33(16-23-7-6-14-31-15-23)19-26-18-32(17-25-8-4-5-9-28(25)30)20-27(26)24-12-10-22(3)11-13-24/h4-15,21,26-27H,16-20H2,1-3H3/t26-,27-/m1/s1. The summed E-state index contributed by atoms with van der Waals surface area (Å²) >= 11 is 0. The van der Waals surface area contributed by atoms with Gasteiger partial charge in [0.05, 0.1) is 0 Å². The highest BCUT2D eigenvalue weighted by molar-refractivity contribution is 5.78. The van der Waals surface area contributed by atoms with Crippen LogP contribution in [0.15, 0.2) is 73.1 Å². The first kappa shape index (κ1) is 24.1. The lowest BCUT2D eigenvalue weighted by molar-refractivity contribution is -0.135. The maximum absolute atomic E-state index is 14.4. The fraction of sp³-hybridized carbons (Fsp3) is 0.379. The molecule has 1 amide bonds. The molecule has 1 aromatic heterocycles. The zero-order valence-electron chi connectivity index (χ0n) is 20.3. The van der Waals surface area contributed by atoms with Gasteiger partial charge in [0, 0.05) is 62.5 Å². The molecule has 0 saturated carbocycles. The van der Waals surface area contributed by atoms with Gasteiger partial charge in [0.1, 0.15) is 5.82 Å². The van der Waals surface area contributed by atoms with Gasteiger partial charge in [0.25, 0.3) is 0 Å². The number of aromatic nitrogens is 1. The molecule has 4 rings (SSSR count). The Balaban J connectivity index is 1.58. The van der Waals surface area contributed by atoms with Crippen molar-refractivity contribution in [2.75, 3.05) is 19.6 Å². The lowest BCUT2D eigenvalue weighted by Crippen LogP contribution is -2.39. The van der Waals surface area contributed by atoms with E-state index in [0.29, 0.717) is 19.6 Å². The van der Waals surface area contributed by atoms with E-state index in [9.17, 15) is 9.18 Å². The Morgan fingerprint density at radius 1 is 1.09 bits per heavy atom. The summed E-state index contributed by atoms with van der Waals surface area (Å²) in [5.74, 6) is 0.452. The number of pyridine rings is 1. The zero-order valence-corrected chi connectivity index (χ0v) is 20.3. The molecular formula is C29H34FN3O. The third-order valence-corrected chi connectivity index (χ3v) is 6.73. The van der Waals surface area contributed by atoms with Gasteiger partial charge in [0.2, 0.25) is 5.91 Å². The van der Waals surface area contributed by atoms with Crippen LogP contribution in [-0.2, 0) is 17.9 Å². The molecule has 34 heavy (non-hydrogen) atoms. The Bertz CT molecular complexity index is 1080. The van der Waals surface area contributed by atoms with Crippen molar-refractivity contribution in [2.24, 2.45) is 11.8 Å². The van der Waals surface area contributed by atoms with E-state index in [2.05, 4.69) is 41.1 Å². The van der Waals surface area contributed by atoms with E-state index >= 15 is 0 Å². The van der Waals surface area contributed by atoms with E-state index in [1.54, 1.807) is 12.3 Å². The molecule has 4 nitrogen and oxygen atoms in total. The first-order valence-corrected chi connectivity index (χ1v) is 12.1. The number of hydrogen-bond acceptors (Lipinski definition) is 3. The number of benzene rings is 2. The smallest absolute Gasteiger partial charge is 0.225 e. The second-order valence-corrected chi connectivity index (χ2v) is 9.80.